The van der Waals surface area contributed by atoms with Crippen molar-refractivity contribution in [1.82, 2.24) is 10.2 Å². The monoisotopic (exact) mass is 200 g/mol. The standard InChI is InChI=1S/C11H24N2O/c1-4-12-9-7-5-6-8-10-13(3)11(2)14/h12H,4-10H2,1-3H3. The van der Waals surface area contributed by atoms with Gasteiger partial charge < -0.3 is 10.2 Å². The summed E-state index contributed by atoms with van der Waals surface area (Å²) in [4.78, 5) is 12.6. The number of carbonyl (C=O) groups is 1. The SMILES string of the molecule is CCNCCCCCCN(C)C(C)=O. The second kappa shape index (κ2) is 9.00. The zero-order valence-corrected chi connectivity index (χ0v) is 9.81. The van der Waals surface area contributed by atoms with E-state index < -0.39 is 0 Å². The van der Waals surface area contributed by atoms with Crippen LogP contribution in [0.3, 0.4) is 0 Å². The predicted octanol–water partition coefficient (Wildman–Crippen LogP) is 1.63. The number of carbonyl (C=O) groups excluding carboxylic acids is 1. The Morgan fingerprint density at radius 3 is 2.43 bits per heavy atom. The van der Waals surface area contributed by atoms with Gasteiger partial charge in [0.2, 0.25) is 5.91 Å². The number of nitrogens with zero attached hydrogens (tertiary/aromatic N) is 1. The van der Waals surface area contributed by atoms with Gasteiger partial charge in [0.1, 0.15) is 0 Å². The zero-order valence-electron chi connectivity index (χ0n) is 9.81. The molecule has 0 fully saturated rings. The molecular formula is C11H24N2O. The molecule has 0 aliphatic carbocycles. The van der Waals surface area contributed by atoms with Crippen molar-refractivity contribution in [3.8, 4) is 0 Å². The summed E-state index contributed by atoms with van der Waals surface area (Å²) in [6.45, 7) is 6.83. The molecule has 0 radical (unpaired) electrons. The summed E-state index contributed by atoms with van der Waals surface area (Å²) < 4.78 is 0. The van der Waals surface area contributed by atoms with E-state index in [0.717, 1.165) is 26.1 Å². The maximum atomic E-state index is 10.9. The summed E-state index contributed by atoms with van der Waals surface area (Å²) in [5, 5.41) is 3.30. The van der Waals surface area contributed by atoms with Crippen molar-refractivity contribution < 1.29 is 4.79 Å². The van der Waals surface area contributed by atoms with Crippen molar-refractivity contribution in [3.63, 3.8) is 0 Å². The van der Waals surface area contributed by atoms with Crippen molar-refractivity contribution in [2.75, 3.05) is 26.7 Å². The van der Waals surface area contributed by atoms with Gasteiger partial charge >= 0.3 is 0 Å². The van der Waals surface area contributed by atoms with Crippen molar-refractivity contribution >= 4 is 5.91 Å². The minimum atomic E-state index is 0.164. The van der Waals surface area contributed by atoms with Crippen LogP contribution in [-0.4, -0.2) is 37.5 Å². The molecule has 0 aromatic rings. The highest BCUT2D eigenvalue weighted by atomic mass is 16.2. The van der Waals surface area contributed by atoms with Gasteiger partial charge in [-0.1, -0.05) is 19.8 Å². The predicted molar refractivity (Wildman–Crippen MR) is 60.3 cm³/mol. The number of unbranched alkanes of at least 4 members (excludes halogenated alkanes) is 3. The maximum absolute atomic E-state index is 10.9. The molecule has 0 heterocycles. The fraction of sp³-hybridized carbons (Fsp3) is 0.909. The molecular weight excluding hydrogens is 176 g/mol. The first kappa shape index (κ1) is 13.4. The lowest BCUT2D eigenvalue weighted by atomic mass is 10.2. The Labute approximate surface area is 87.9 Å². The van der Waals surface area contributed by atoms with Crippen LogP contribution in [0, 0.1) is 0 Å². The van der Waals surface area contributed by atoms with Crippen molar-refractivity contribution in [3.05, 3.63) is 0 Å². The van der Waals surface area contributed by atoms with E-state index in [9.17, 15) is 4.79 Å². The molecule has 1 N–H and O–H groups in total. The van der Waals surface area contributed by atoms with Gasteiger partial charge in [-0.05, 0) is 25.9 Å². The van der Waals surface area contributed by atoms with E-state index in [1.165, 1.54) is 19.3 Å². The van der Waals surface area contributed by atoms with Gasteiger partial charge in [-0.3, -0.25) is 4.79 Å². The van der Waals surface area contributed by atoms with E-state index >= 15 is 0 Å². The summed E-state index contributed by atoms with van der Waals surface area (Å²) in [6.07, 6.45) is 4.86. The minimum absolute atomic E-state index is 0.164. The van der Waals surface area contributed by atoms with Crippen LogP contribution >= 0.6 is 0 Å². The number of hydrogen-bond acceptors (Lipinski definition) is 2. The Morgan fingerprint density at radius 2 is 1.86 bits per heavy atom. The van der Waals surface area contributed by atoms with Crippen LogP contribution in [0.4, 0.5) is 0 Å². The van der Waals surface area contributed by atoms with E-state index in [2.05, 4.69) is 12.2 Å². The molecule has 0 aliphatic rings. The minimum Gasteiger partial charge on any atom is -0.346 e. The van der Waals surface area contributed by atoms with E-state index in [4.69, 9.17) is 0 Å². The van der Waals surface area contributed by atoms with E-state index in [0.29, 0.717) is 0 Å². The third-order valence-electron chi connectivity index (χ3n) is 2.38. The highest BCUT2D eigenvalue weighted by Gasteiger charge is 1.99. The molecule has 3 heteroatoms. The molecule has 84 valence electrons. The topological polar surface area (TPSA) is 32.3 Å². The zero-order chi connectivity index (χ0) is 10.8. The molecule has 14 heavy (non-hydrogen) atoms. The fourth-order valence-corrected chi connectivity index (χ4v) is 1.29. The molecule has 0 bridgehead atoms. The van der Waals surface area contributed by atoms with E-state index in [1.807, 2.05) is 7.05 Å². The average molecular weight is 200 g/mol. The Bertz CT molecular complexity index is 148. The molecule has 0 spiro atoms. The number of nitrogens with one attached hydrogen (secondary N) is 1. The van der Waals surface area contributed by atoms with Crippen LogP contribution in [0.1, 0.15) is 39.5 Å². The van der Waals surface area contributed by atoms with Crippen LogP contribution < -0.4 is 5.32 Å². The molecule has 1 amide bonds. The van der Waals surface area contributed by atoms with Crippen molar-refractivity contribution in [2.45, 2.75) is 39.5 Å². The van der Waals surface area contributed by atoms with Crippen LogP contribution in [0.15, 0.2) is 0 Å². The lowest BCUT2D eigenvalue weighted by Gasteiger charge is -2.13. The second-order valence-electron chi connectivity index (χ2n) is 3.71. The van der Waals surface area contributed by atoms with Gasteiger partial charge in [-0.25, -0.2) is 0 Å². The molecule has 0 aromatic carbocycles. The first-order valence-electron chi connectivity index (χ1n) is 5.61. The molecule has 0 saturated carbocycles. The highest BCUT2D eigenvalue weighted by molar-refractivity contribution is 5.72. The van der Waals surface area contributed by atoms with Gasteiger partial charge in [0.05, 0.1) is 0 Å². The lowest BCUT2D eigenvalue weighted by molar-refractivity contribution is -0.127. The summed E-state index contributed by atoms with van der Waals surface area (Å²) in [7, 11) is 1.86. The Kier molecular flexibility index (Phi) is 8.64. The average Bonchev–Trinajstić information content (AvgIpc) is 2.16. The van der Waals surface area contributed by atoms with Gasteiger partial charge in [0.25, 0.3) is 0 Å². The van der Waals surface area contributed by atoms with Crippen LogP contribution in [0.2, 0.25) is 0 Å². The Hall–Kier alpha value is -0.570. The summed E-state index contributed by atoms with van der Waals surface area (Å²) in [5.41, 5.74) is 0. The summed E-state index contributed by atoms with van der Waals surface area (Å²) in [5.74, 6) is 0.164. The second-order valence-corrected chi connectivity index (χ2v) is 3.71. The smallest absolute Gasteiger partial charge is 0.219 e. The summed E-state index contributed by atoms with van der Waals surface area (Å²) >= 11 is 0. The number of amides is 1. The maximum Gasteiger partial charge on any atom is 0.219 e. The molecule has 0 unspecified atom stereocenters. The lowest BCUT2D eigenvalue weighted by Crippen LogP contribution is -2.24. The van der Waals surface area contributed by atoms with Gasteiger partial charge in [0, 0.05) is 20.5 Å². The molecule has 0 aromatic heterocycles. The fourth-order valence-electron chi connectivity index (χ4n) is 1.29. The molecule has 3 nitrogen and oxygen atoms in total. The van der Waals surface area contributed by atoms with Gasteiger partial charge in [0.15, 0.2) is 0 Å². The van der Waals surface area contributed by atoms with E-state index in [1.54, 1.807) is 11.8 Å². The normalized spacial score (nSPS) is 10.2. The van der Waals surface area contributed by atoms with Crippen molar-refractivity contribution in [2.24, 2.45) is 0 Å². The summed E-state index contributed by atoms with van der Waals surface area (Å²) in [6, 6.07) is 0. The molecule has 0 saturated heterocycles. The van der Waals surface area contributed by atoms with Crippen LogP contribution in [0.5, 0.6) is 0 Å². The third kappa shape index (κ3) is 8.05. The number of hydrogen-bond donors (Lipinski definition) is 1. The first-order chi connectivity index (χ1) is 6.68. The molecule has 0 rings (SSSR count). The van der Waals surface area contributed by atoms with Crippen LogP contribution in [0.25, 0.3) is 0 Å². The Balaban J connectivity index is 3.09. The van der Waals surface area contributed by atoms with Gasteiger partial charge in [-0.15, -0.1) is 0 Å². The third-order valence-corrected chi connectivity index (χ3v) is 2.38. The highest BCUT2D eigenvalue weighted by Crippen LogP contribution is 2.00. The van der Waals surface area contributed by atoms with Crippen molar-refractivity contribution in [1.29, 1.82) is 0 Å². The molecule has 0 atom stereocenters. The first-order valence-corrected chi connectivity index (χ1v) is 5.61. The number of rotatable bonds is 8. The quantitative estimate of drug-likeness (QED) is 0.604. The van der Waals surface area contributed by atoms with E-state index in [-0.39, 0.29) is 5.91 Å². The Morgan fingerprint density at radius 1 is 1.21 bits per heavy atom. The van der Waals surface area contributed by atoms with Gasteiger partial charge in [-0.2, -0.15) is 0 Å². The van der Waals surface area contributed by atoms with Crippen LogP contribution in [-0.2, 0) is 4.79 Å². The largest absolute Gasteiger partial charge is 0.346 e. The molecule has 0 aliphatic heterocycles.